The molecule has 0 atom stereocenters. The van der Waals surface area contributed by atoms with E-state index in [0.29, 0.717) is 39.5 Å². The third kappa shape index (κ3) is 6.47. The zero-order chi connectivity index (χ0) is 28.1. The Morgan fingerprint density at radius 1 is 0.923 bits per heavy atom. The largest absolute Gasteiger partial charge is 0.493 e. The van der Waals surface area contributed by atoms with Crippen LogP contribution in [0.5, 0.6) is 17.2 Å². The van der Waals surface area contributed by atoms with Crippen molar-refractivity contribution in [2.75, 3.05) is 18.6 Å². The molecule has 0 aliphatic carbocycles. The van der Waals surface area contributed by atoms with Crippen LogP contribution in [0.15, 0.2) is 60.2 Å². The van der Waals surface area contributed by atoms with Crippen molar-refractivity contribution in [2.45, 2.75) is 20.0 Å². The van der Waals surface area contributed by atoms with Gasteiger partial charge in [-0.25, -0.2) is 9.69 Å². The van der Waals surface area contributed by atoms with E-state index >= 15 is 0 Å². The molecule has 4 amide bonds. The fourth-order valence-corrected chi connectivity index (χ4v) is 4.45. The maximum atomic E-state index is 13.3. The summed E-state index contributed by atoms with van der Waals surface area (Å²) >= 11 is 18.5. The maximum absolute atomic E-state index is 13.3. The van der Waals surface area contributed by atoms with Gasteiger partial charge in [-0.1, -0.05) is 47.8 Å². The predicted molar refractivity (Wildman–Crippen MR) is 150 cm³/mol. The van der Waals surface area contributed by atoms with Crippen molar-refractivity contribution in [2.24, 2.45) is 0 Å². The minimum Gasteiger partial charge on any atom is -0.493 e. The van der Waals surface area contributed by atoms with Gasteiger partial charge < -0.3 is 14.2 Å². The maximum Gasteiger partial charge on any atom is 0.335 e. The average Bonchev–Trinajstić information content (AvgIpc) is 2.90. The van der Waals surface area contributed by atoms with E-state index in [4.69, 9.17) is 49.0 Å². The SMILES string of the molecule is CCCOc1c(Cl)cc(/C=C2\C(=O)NC(=O)N(c3ccc(OCc4ccc(Cl)cc4Cl)cc3)C2=O)cc1OC. The topological polar surface area (TPSA) is 94.2 Å². The number of benzene rings is 3. The van der Waals surface area contributed by atoms with Crippen molar-refractivity contribution in [1.82, 2.24) is 5.32 Å². The summed E-state index contributed by atoms with van der Waals surface area (Å²) in [6.07, 6.45) is 2.11. The summed E-state index contributed by atoms with van der Waals surface area (Å²) in [7, 11) is 1.46. The molecule has 3 aromatic rings. The summed E-state index contributed by atoms with van der Waals surface area (Å²) in [5.41, 5.74) is 1.14. The van der Waals surface area contributed by atoms with Crippen LogP contribution in [0.1, 0.15) is 24.5 Å². The first-order valence-electron chi connectivity index (χ1n) is 11.8. The number of urea groups is 1. The summed E-state index contributed by atoms with van der Waals surface area (Å²) in [4.78, 5) is 39.4. The van der Waals surface area contributed by atoms with Gasteiger partial charge in [-0.05, 0) is 66.6 Å². The Kier molecular flexibility index (Phi) is 9.01. The number of carbonyl (C=O) groups is 3. The van der Waals surface area contributed by atoms with Gasteiger partial charge in [0.25, 0.3) is 11.8 Å². The third-order valence-electron chi connectivity index (χ3n) is 5.62. The van der Waals surface area contributed by atoms with Crippen LogP contribution in [0, 0.1) is 0 Å². The van der Waals surface area contributed by atoms with Gasteiger partial charge in [-0.15, -0.1) is 0 Å². The number of halogens is 3. The molecule has 8 nitrogen and oxygen atoms in total. The Morgan fingerprint density at radius 3 is 2.33 bits per heavy atom. The molecule has 0 unspecified atom stereocenters. The van der Waals surface area contributed by atoms with Crippen LogP contribution in [-0.2, 0) is 16.2 Å². The summed E-state index contributed by atoms with van der Waals surface area (Å²) in [5.74, 6) is -0.447. The third-order valence-corrected chi connectivity index (χ3v) is 6.49. The van der Waals surface area contributed by atoms with Crippen LogP contribution in [0.2, 0.25) is 15.1 Å². The predicted octanol–water partition coefficient (Wildman–Crippen LogP) is 6.69. The van der Waals surface area contributed by atoms with Crippen molar-refractivity contribution in [1.29, 1.82) is 0 Å². The van der Waals surface area contributed by atoms with Gasteiger partial charge in [-0.2, -0.15) is 0 Å². The second-order valence-corrected chi connectivity index (χ2v) is 9.61. The van der Waals surface area contributed by atoms with Gasteiger partial charge >= 0.3 is 6.03 Å². The molecule has 1 aliphatic rings. The number of hydrogen-bond donors (Lipinski definition) is 1. The second kappa shape index (κ2) is 12.4. The highest BCUT2D eigenvalue weighted by Gasteiger charge is 2.37. The molecule has 202 valence electrons. The fourth-order valence-electron chi connectivity index (χ4n) is 3.72. The molecule has 0 spiro atoms. The van der Waals surface area contributed by atoms with Gasteiger partial charge in [0.2, 0.25) is 0 Å². The number of rotatable bonds is 9. The fraction of sp³-hybridized carbons (Fsp3) is 0.179. The van der Waals surface area contributed by atoms with Crippen LogP contribution >= 0.6 is 34.8 Å². The Hall–Kier alpha value is -3.72. The van der Waals surface area contributed by atoms with Crippen LogP contribution in [0.4, 0.5) is 10.5 Å². The van der Waals surface area contributed by atoms with Crippen molar-refractivity contribution in [3.8, 4) is 17.2 Å². The standard InChI is InChI=1S/C28H23Cl3N2O6/c1-3-10-38-25-23(31)12-16(13-24(25)37-2)11-21-26(34)32-28(36)33(27(21)35)19-6-8-20(9-7-19)39-15-17-4-5-18(29)14-22(17)30/h4-9,11-14H,3,10,15H2,1-2H3,(H,32,34,36)/b21-11+. The van der Waals surface area contributed by atoms with E-state index < -0.39 is 17.8 Å². The van der Waals surface area contributed by atoms with E-state index in [1.807, 2.05) is 6.92 Å². The van der Waals surface area contributed by atoms with Crippen molar-refractivity contribution in [3.63, 3.8) is 0 Å². The summed E-state index contributed by atoms with van der Waals surface area (Å²) in [6.45, 7) is 2.58. The van der Waals surface area contributed by atoms with E-state index in [-0.39, 0.29) is 22.9 Å². The van der Waals surface area contributed by atoms with Gasteiger partial charge in [-0.3, -0.25) is 14.9 Å². The second-order valence-electron chi connectivity index (χ2n) is 8.36. The zero-order valence-corrected chi connectivity index (χ0v) is 23.2. The molecular weight excluding hydrogens is 567 g/mol. The van der Waals surface area contributed by atoms with Gasteiger partial charge in [0, 0.05) is 15.6 Å². The molecule has 1 N–H and O–H groups in total. The lowest BCUT2D eigenvalue weighted by molar-refractivity contribution is -0.122. The van der Waals surface area contributed by atoms with E-state index in [2.05, 4.69) is 5.32 Å². The van der Waals surface area contributed by atoms with E-state index in [9.17, 15) is 14.4 Å². The molecule has 39 heavy (non-hydrogen) atoms. The minimum absolute atomic E-state index is 0.189. The van der Waals surface area contributed by atoms with Crippen molar-refractivity contribution >= 4 is 64.4 Å². The zero-order valence-electron chi connectivity index (χ0n) is 20.9. The van der Waals surface area contributed by atoms with Gasteiger partial charge in [0.05, 0.1) is 24.4 Å². The number of barbiturate groups is 1. The van der Waals surface area contributed by atoms with E-state index in [1.54, 1.807) is 42.5 Å². The molecule has 4 rings (SSSR count). The first kappa shape index (κ1) is 28.3. The molecular formula is C28H23Cl3N2O6. The Labute approximate surface area is 240 Å². The highest BCUT2D eigenvalue weighted by Crippen LogP contribution is 2.37. The monoisotopic (exact) mass is 588 g/mol. The number of hydrogen-bond acceptors (Lipinski definition) is 6. The first-order chi connectivity index (χ1) is 18.7. The molecule has 1 saturated heterocycles. The Bertz CT molecular complexity index is 1460. The van der Waals surface area contributed by atoms with Gasteiger partial charge in [0.1, 0.15) is 17.9 Å². The summed E-state index contributed by atoms with van der Waals surface area (Å²) in [6, 6.07) is 13.6. The molecule has 1 heterocycles. The number of carbonyl (C=O) groups excluding carboxylic acids is 3. The normalized spacial score (nSPS) is 14.4. The van der Waals surface area contributed by atoms with Crippen LogP contribution in [-0.4, -0.2) is 31.6 Å². The number of amides is 4. The van der Waals surface area contributed by atoms with Crippen LogP contribution in [0.3, 0.4) is 0 Å². The van der Waals surface area contributed by atoms with Crippen LogP contribution in [0.25, 0.3) is 6.08 Å². The molecule has 1 aliphatic heterocycles. The number of ether oxygens (including phenoxy) is 3. The lowest BCUT2D eigenvalue weighted by atomic mass is 10.1. The lowest BCUT2D eigenvalue weighted by Crippen LogP contribution is -2.54. The molecule has 0 aromatic heterocycles. The van der Waals surface area contributed by atoms with Crippen molar-refractivity contribution in [3.05, 3.63) is 86.4 Å². The molecule has 11 heteroatoms. The smallest absolute Gasteiger partial charge is 0.335 e. The summed E-state index contributed by atoms with van der Waals surface area (Å²) < 4.78 is 16.8. The average molecular weight is 590 g/mol. The molecule has 3 aromatic carbocycles. The number of methoxy groups -OCH3 is 1. The van der Waals surface area contributed by atoms with Crippen molar-refractivity contribution < 1.29 is 28.6 Å². The quantitative estimate of drug-likeness (QED) is 0.221. The Balaban J connectivity index is 1.55. The molecule has 0 bridgehead atoms. The highest BCUT2D eigenvalue weighted by atomic mass is 35.5. The van der Waals surface area contributed by atoms with E-state index in [0.717, 1.165) is 16.9 Å². The number of nitrogens with one attached hydrogen (secondary N) is 1. The molecule has 1 fully saturated rings. The number of imide groups is 2. The highest BCUT2D eigenvalue weighted by molar-refractivity contribution is 6.39. The van der Waals surface area contributed by atoms with E-state index in [1.165, 1.54) is 25.3 Å². The molecule has 0 saturated carbocycles. The number of nitrogens with zero attached hydrogens (tertiary/aromatic N) is 1. The molecule has 0 radical (unpaired) electrons. The minimum atomic E-state index is -0.873. The van der Waals surface area contributed by atoms with Gasteiger partial charge in [0.15, 0.2) is 11.5 Å². The summed E-state index contributed by atoms with van der Waals surface area (Å²) in [5, 5.41) is 3.44. The van der Waals surface area contributed by atoms with Crippen LogP contribution < -0.4 is 24.4 Å². The first-order valence-corrected chi connectivity index (χ1v) is 12.9. The number of anilines is 1. The Morgan fingerprint density at radius 2 is 1.67 bits per heavy atom. The lowest BCUT2D eigenvalue weighted by Gasteiger charge is -2.26.